The molecule has 1 heterocycles. The van der Waals surface area contributed by atoms with Gasteiger partial charge in [0.05, 0.1) is 18.8 Å². The van der Waals surface area contributed by atoms with Gasteiger partial charge in [0, 0.05) is 12.4 Å². The van der Waals surface area contributed by atoms with Crippen molar-refractivity contribution < 1.29 is 14.6 Å². The van der Waals surface area contributed by atoms with E-state index < -0.39 is 11.7 Å². The average Bonchev–Trinajstić information content (AvgIpc) is 2.24. The van der Waals surface area contributed by atoms with Crippen molar-refractivity contribution in [2.45, 2.75) is 26.4 Å². The van der Waals surface area contributed by atoms with Gasteiger partial charge in [-0.2, -0.15) is 0 Å². The summed E-state index contributed by atoms with van der Waals surface area (Å²) in [5.74, 6) is 0. The van der Waals surface area contributed by atoms with Gasteiger partial charge in [0.2, 0.25) is 0 Å². The van der Waals surface area contributed by atoms with Crippen molar-refractivity contribution >= 4 is 11.8 Å². The third-order valence-corrected chi connectivity index (χ3v) is 1.91. The number of amides is 1. The lowest BCUT2D eigenvalue weighted by Gasteiger charge is -2.26. The molecule has 0 fully saturated rings. The first-order valence-electron chi connectivity index (χ1n) is 5.45. The zero-order valence-electron chi connectivity index (χ0n) is 10.4. The summed E-state index contributed by atoms with van der Waals surface area (Å²) >= 11 is 0. The number of carbonyl (C=O) groups is 1. The molecule has 0 atom stereocenters. The third-order valence-electron chi connectivity index (χ3n) is 1.91. The van der Waals surface area contributed by atoms with Crippen LogP contribution in [0.25, 0.3) is 0 Å². The molecule has 0 radical (unpaired) electrons. The maximum Gasteiger partial charge on any atom is 0.414 e. The summed E-state index contributed by atoms with van der Waals surface area (Å²) in [6, 6.07) is 3.39. The van der Waals surface area contributed by atoms with Crippen LogP contribution in [0.5, 0.6) is 0 Å². The molecule has 0 saturated heterocycles. The van der Waals surface area contributed by atoms with Crippen LogP contribution < -0.4 is 4.90 Å². The van der Waals surface area contributed by atoms with Gasteiger partial charge >= 0.3 is 6.09 Å². The molecule has 1 N–H and O–H groups in total. The number of aliphatic hydroxyl groups is 1. The second-order valence-corrected chi connectivity index (χ2v) is 4.56. The topological polar surface area (TPSA) is 62.7 Å². The zero-order valence-corrected chi connectivity index (χ0v) is 10.4. The summed E-state index contributed by atoms with van der Waals surface area (Å²) in [5.41, 5.74) is 0.0981. The predicted octanol–water partition coefficient (Wildman–Crippen LogP) is 1.82. The smallest absolute Gasteiger partial charge is 0.414 e. The van der Waals surface area contributed by atoms with Gasteiger partial charge in [-0.05, 0) is 32.9 Å². The van der Waals surface area contributed by atoms with Crippen LogP contribution in [0.4, 0.5) is 10.5 Å². The molecule has 0 saturated carbocycles. The third kappa shape index (κ3) is 4.40. The standard InChI is InChI=1S/C12H18N2O3/c1-12(2,3)17-11(16)14(8-9-15)10-4-6-13-7-5-10/h4-7,15H,8-9H2,1-3H3. The lowest BCUT2D eigenvalue weighted by molar-refractivity contribution is 0.0573. The van der Waals surface area contributed by atoms with Gasteiger partial charge in [-0.3, -0.25) is 9.88 Å². The van der Waals surface area contributed by atoms with Gasteiger partial charge < -0.3 is 9.84 Å². The fourth-order valence-electron chi connectivity index (χ4n) is 1.27. The van der Waals surface area contributed by atoms with Crippen LogP contribution in [0.1, 0.15) is 20.8 Å². The molecule has 0 aliphatic carbocycles. The molecule has 1 amide bonds. The van der Waals surface area contributed by atoms with Gasteiger partial charge in [0.15, 0.2) is 0 Å². The number of ether oxygens (including phenoxy) is 1. The van der Waals surface area contributed by atoms with E-state index in [1.165, 1.54) is 4.90 Å². The van der Waals surface area contributed by atoms with E-state index >= 15 is 0 Å². The molecular formula is C12H18N2O3. The Bertz CT molecular complexity index is 360. The van der Waals surface area contributed by atoms with Crippen molar-refractivity contribution in [2.75, 3.05) is 18.1 Å². The van der Waals surface area contributed by atoms with Crippen molar-refractivity contribution in [3.8, 4) is 0 Å². The Morgan fingerprint density at radius 3 is 2.47 bits per heavy atom. The van der Waals surface area contributed by atoms with E-state index in [9.17, 15) is 4.79 Å². The summed E-state index contributed by atoms with van der Waals surface area (Å²) in [4.78, 5) is 17.2. The van der Waals surface area contributed by atoms with Crippen LogP contribution in [0.2, 0.25) is 0 Å². The van der Waals surface area contributed by atoms with E-state index in [4.69, 9.17) is 9.84 Å². The van der Waals surface area contributed by atoms with Gasteiger partial charge in [-0.25, -0.2) is 4.79 Å². The SMILES string of the molecule is CC(C)(C)OC(=O)N(CCO)c1ccncc1. The molecule has 1 aromatic rings. The molecule has 0 aliphatic heterocycles. The van der Waals surface area contributed by atoms with E-state index in [-0.39, 0.29) is 13.2 Å². The van der Waals surface area contributed by atoms with Crippen LogP contribution in [-0.2, 0) is 4.74 Å². The van der Waals surface area contributed by atoms with Gasteiger partial charge in [0.25, 0.3) is 0 Å². The maximum absolute atomic E-state index is 11.9. The molecular weight excluding hydrogens is 220 g/mol. The van der Waals surface area contributed by atoms with E-state index in [2.05, 4.69) is 4.98 Å². The van der Waals surface area contributed by atoms with Crippen LogP contribution >= 0.6 is 0 Å². The van der Waals surface area contributed by atoms with Gasteiger partial charge in [-0.15, -0.1) is 0 Å². The lowest BCUT2D eigenvalue weighted by atomic mass is 10.2. The number of anilines is 1. The largest absolute Gasteiger partial charge is 0.443 e. The predicted molar refractivity (Wildman–Crippen MR) is 64.9 cm³/mol. The molecule has 1 rings (SSSR count). The second-order valence-electron chi connectivity index (χ2n) is 4.56. The number of rotatable bonds is 3. The summed E-state index contributed by atoms with van der Waals surface area (Å²) in [7, 11) is 0. The number of carbonyl (C=O) groups excluding carboxylic acids is 1. The van der Waals surface area contributed by atoms with Crippen LogP contribution in [0.15, 0.2) is 24.5 Å². The van der Waals surface area contributed by atoms with Crippen molar-refractivity contribution in [3.05, 3.63) is 24.5 Å². The Morgan fingerprint density at radius 1 is 1.41 bits per heavy atom. The van der Waals surface area contributed by atoms with E-state index in [0.29, 0.717) is 5.69 Å². The first-order valence-corrected chi connectivity index (χ1v) is 5.45. The van der Waals surface area contributed by atoms with Crippen LogP contribution in [0, 0.1) is 0 Å². The first kappa shape index (κ1) is 13.4. The van der Waals surface area contributed by atoms with Crippen molar-refractivity contribution in [3.63, 3.8) is 0 Å². The summed E-state index contributed by atoms with van der Waals surface area (Å²) in [6.07, 6.45) is 2.70. The molecule has 0 bridgehead atoms. The Labute approximate surface area is 101 Å². The number of hydrogen-bond acceptors (Lipinski definition) is 4. The highest BCUT2D eigenvalue weighted by Gasteiger charge is 2.22. The van der Waals surface area contributed by atoms with Crippen LogP contribution in [0.3, 0.4) is 0 Å². The first-order chi connectivity index (χ1) is 7.94. The van der Waals surface area contributed by atoms with Crippen LogP contribution in [-0.4, -0.2) is 34.9 Å². The minimum Gasteiger partial charge on any atom is -0.443 e. The fraction of sp³-hybridized carbons (Fsp3) is 0.500. The van der Waals surface area contributed by atoms with E-state index in [0.717, 1.165) is 0 Å². The number of hydrogen-bond donors (Lipinski definition) is 1. The highest BCUT2D eigenvalue weighted by molar-refractivity contribution is 5.87. The van der Waals surface area contributed by atoms with Crippen molar-refractivity contribution in [1.29, 1.82) is 0 Å². The minimum atomic E-state index is -0.558. The summed E-state index contributed by atoms with van der Waals surface area (Å²) in [6.45, 7) is 5.47. The molecule has 94 valence electrons. The van der Waals surface area contributed by atoms with E-state index in [1.54, 1.807) is 45.3 Å². The monoisotopic (exact) mass is 238 g/mol. The van der Waals surface area contributed by atoms with E-state index in [1.807, 2.05) is 0 Å². The summed E-state index contributed by atoms with van der Waals surface area (Å²) in [5, 5.41) is 8.98. The number of nitrogens with zero attached hydrogens (tertiary/aromatic N) is 2. The minimum absolute atomic E-state index is 0.123. The molecule has 0 unspecified atom stereocenters. The number of aromatic nitrogens is 1. The Kier molecular flexibility index (Phi) is 4.45. The van der Waals surface area contributed by atoms with Gasteiger partial charge in [0.1, 0.15) is 5.60 Å². The number of aliphatic hydroxyl groups excluding tert-OH is 1. The van der Waals surface area contributed by atoms with Crippen molar-refractivity contribution in [1.82, 2.24) is 4.98 Å². The molecule has 0 spiro atoms. The molecule has 1 aromatic heterocycles. The van der Waals surface area contributed by atoms with Crippen molar-refractivity contribution in [2.24, 2.45) is 0 Å². The Morgan fingerprint density at radius 2 is 2.00 bits per heavy atom. The summed E-state index contributed by atoms with van der Waals surface area (Å²) < 4.78 is 5.26. The molecule has 0 aliphatic rings. The Balaban J connectivity index is 2.83. The quantitative estimate of drug-likeness (QED) is 0.872. The van der Waals surface area contributed by atoms with Gasteiger partial charge in [-0.1, -0.05) is 0 Å². The highest BCUT2D eigenvalue weighted by atomic mass is 16.6. The normalized spacial score (nSPS) is 11.1. The zero-order chi connectivity index (χ0) is 12.9. The highest BCUT2D eigenvalue weighted by Crippen LogP contribution is 2.16. The lowest BCUT2D eigenvalue weighted by Crippen LogP contribution is -2.38. The molecule has 0 aromatic carbocycles. The molecule has 5 nitrogen and oxygen atoms in total. The molecule has 17 heavy (non-hydrogen) atoms. The second kappa shape index (κ2) is 5.63. The maximum atomic E-state index is 11.9. The molecule has 5 heteroatoms. The Hall–Kier alpha value is -1.62. The number of pyridine rings is 1. The average molecular weight is 238 g/mol. The fourth-order valence-corrected chi connectivity index (χ4v) is 1.27.